The largest absolute Gasteiger partial charge is 0.497 e. The number of carbonyl (C=O) groups is 1. The number of aryl methyl sites for hydroxylation is 1. The number of carbonyl (C=O) groups excluding carboxylic acids is 1. The Hall–Kier alpha value is -2.01. The Morgan fingerprint density at radius 2 is 2.16 bits per heavy atom. The summed E-state index contributed by atoms with van der Waals surface area (Å²) in [7, 11) is 1.59. The number of fused-ring (bicyclic) bond motifs is 1. The summed E-state index contributed by atoms with van der Waals surface area (Å²) in [6.07, 6.45) is 0. The molecule has 102 valence electrons. The number of methoxy groups -OCH3 is 1. The monoisotopic (exact) mass is 263 g/mol. The summed E-state index contributed by atoms with van der Waals surface area (Å²) >= 11 is 0. The molecule has 0 radical (unpaired) electrons. The molecule has 1 N–H and O–H groups in total. The molecular formula is C14H17NO4. The van der Waals surface area contributed by atoms with Crippen molar-refractivity contribution >= 4 is 16.9 Å². The Labute approximate surface area is 111 Å². The third kappa shape index (κ3) is 2.29. The molecule has 1 aromatic carbocycles. The smallest absolute Gasteiger partial charge is 0.243 e. The van der Waals surface area contributed by atoms with E-state index in [9.17, 15) is 10.0 Å². The third-order valence-electron chi connectivity index (χ3n) is 3.23. The summed E-state index contributed by atoms with van der Waals surface area (Å²) in [5, 5.41) is 11.3. The highest BCUT2D eigenvalue weighted by Gasteiger charge is 2.23. The van der Waals surface area contributed by atoms with E-state index in [1.807, 2.05) is 19.1 Å². The number of hydrogen-bond donors (Lipinski definition) is 1. The highest BCUT2D eigenvalue weighted by Crippen LogP contribution is 2.34. The van der Waals surface area contributed by atoms with Gasteiger partial charge >= 0.3 is 0 Å². The second-order valence-corrected chi connectivity index (χ2v) is 4.47. The van der Waals surface area contributed by atoms with Gasteiger partial charge in [0.05, 0.1) is 13.2 Å². The van der Waals surface area contributed by atoms with Crippen molar-refractivity contribution in [2.75, 3.05) is 7.11 Å². The fraction of sp³-hybridized carbons (Fsp3) is 0.357. The van der Waals surface area contributed by atoms with Crippen molar-refractivity contribution in [3.05, 3.63) is 29.5 Å². The molecule has 1 amide bonds. The Kier molecular flexibility index (Phi) is 3.48. The Balaban J connectivity index is 2.58. The van der Waals surface area contributed by atoms with Gasteiger partial charge in [0.25, 0.3) is 0 Å². The molecule has 0 aliphatic rings. The van der Waals surface area contributed by atoms with E-state index < -0.39 is 11.9 Å². The predicted octanol–water partition coefficient (Wildman–Crippen LogP) is 3.05. The molecular weight excluding hydrogens is 246 g/mol. The van der Waals surface area contributed by atoms with Gasteiger partial charge in [-0.25, -0.2) is 5.06 Å². The second kappa shape index (κ2) is 4.93. The van der Waals surface area contributed by atoms with Gasteiger partial charge in [0.2, 0.25) is 5.91 Å². The van der Waals surface area contributed by atoms with E-state index in [1.165, 1.54) is 6.92 Å². The molecule has 2 aromatic rings. The Morgan fingerprint density at radius 1 is 1.47 bits per heavy atom. The van der Waals surface area contributed by atoms with Crippen LogP contribution in [0.4, 0.5) is 0 Å². The third-order valence-corrected chi connectivity index (χ3v) is 3.23. The standard InChI is InChI=1S/C14H17NO4/c1-8(15(17)10(3)16)14-9(2)19-13-6-5-11(18-4)7-12(13)14/h5-8,17H,1-4H3. The van der Waals surface area contributed by atoms with Gasteiger partial charge in [0, 0.05) is 17.9 Å². The van der Waals surface area contributed by atoms with E-state index in [-0.39, 0.29) is 0 Å². The van der Waals surface area contributed by atoms with Crippen molar-refractivity contribution in [2.45, 2.75) is 26.8 Å². The maximum atomic E-state index is 11.3. The molecule has 0 saturated heterocycles. The van der Waals surface area contributed by atoms with Crippen LogP contribution in [-0.2, 0) is 4.79 Å². The van der Waals surface area contributed by atoms with Crippen LogP contribution in [0, 0.1) is 6.92 Å². The van der Waals surface area contributed by atoms with E-state index in [0.717, 1.165) is 10.9 Å². The predicted molar refractivity (Wildman–Crippen MR) is 70.2 cm³/mol. The molecule has 2 rings (SSSR count). The Bertz CT molecular complexity index is 617. The molecule has 5 nitrogen and oxygen atoms in total. The van der Waals surface area contributed by atoms with Crippen LogP contribution in [-0.4, -0.2) is 23.3 Å². The fourth-order valence-corrected chi connectivity index (χ4v) is 2.26. The molecule has 0 spiro atoms. The number of amides is 1. The van der Waals surface area contributed by atoms with Crippen LogP contribution in [0.1, 0.15) is 31.2 Å². The highest BCUT2D eigenvalue weighted by molar-refractivity contribution is 5.85. The number of hydrogen-bond acceptors (Lipinski definition) is 4. The molecule has 0 saturated carbocycles. The molecule has 0 aliphatic heterocycles. The normalized spacial score (nSPS) is 12.5. The van der Waals surface area contributed by atoms with Crippen molar-refractivity contribution < 1.29 is 19.2 Å². The molecule has 0 aliphatic carbocycles. The maximum absolute atomic E-state index is 11.3. The van der Waals surface area contributed by atoms with Gasteiger partial charge < -0.3 is 9.15 Å². The van der Waals surface area contributed by atoms with Crippen LogP contribution in [0.25, 0.3) is 11.0 Å². The van der Waals surface area contributed by atoms with Crippen LogP contribution in [0.5, 0.6) is 5.75 Å². The molecule has 19 heavy (non-hydrogen) atoms. The highest BCUT2D eigenvalue weighted by atomic mass is 16.5. The quantitative estimate of drug-likeness (QED) is 0.683. The first-order valence-corrected chi connectivity index (χ1v) is 6.01. The lowest BCUT2D eigenvalue weighted by atomic mass is 10.0. The molecule has 1 aromatic heterocycles. The van der Waals surface area contributed by atoms with Crippen molar-refractivity contribution in [2.24, 2.45) is 0 Å². The first-order chi connectivity index (χ1) is 8.95. The van der Waals surface area contributed by atoms with Gasteiger partial charge in [-0.3, -0.25) is 10.0 Å². The molecule has 1 unspecified atom stereocenters. The van der Waals surface area contributed by atoms with Crippen molar-refractivity contribution in [1.82, 2.24) is 5.06 Å². The first-order valence-electron chi connectivity index (χ1n) is 6.01. The zero-order valence-electron chi connectivity index (χ0n) is 11.4. The van der Waals surface area contributed by atoms with E-state index >= 15 is 0 Å². The number of hydroxylamine groups is 2. The molecule has 5 heteroatoms. The zero-order chi connectivity index (χ0) is 14.2. The molecule has 0 bridgehead atoms. The summed E-state index contributed by atoms with van der Waals surface area (Å²) in [4.78, 5) is 11.3. The fourth-order valence-electron chi connectivity index (χ4n) is 2.26. The van der Waals surface area contributed by atoms with Crippen molar-refractivity contribution in [3.63, 3.8) is 0 Å². The summed E-state index contributed by atoms with van der Waals surface area (Å²) in [5.74, 6) is 0.967. The van der Waals surface area contributed by atoms with Crippen LogP contribution in [0.3, 0.4) is 0 Å². The summed E-state index contributed by atoms with van der Waals surface area (Å²) in [6, 6.07) is 4.98. The summed E-state index contributed by atoms with van der Waals surface area (Å²) in [6.45, 7) is 4.87. The van der Waals surface area contributed by atoms with Gasteiger partial charge in [-0.1, -0.05) is 0 Å². The van der Waals surface area contributed by atoms with Crippen LogP contribution >= 0.6 is 0 Å². The van der Waals surface area contributed by atoms with Gasteiger partial charge in [-0.2, -0.15) is 0 Å². The zero-order valence-corrected chi connectivity index (χ0v) is 11.4. The first kappa shape index (κ1) is 13.4. The number of benzene rings is 1. The molecule has 1 atom stereocenters. The number of furan rings is 1. The van der Waals surface area contributed by atoms with Crippen LogP contribution in [0.2, 0.25) is 0 Å². The van der Waals surface area contributed by atoms with Crippen molar-refractivity contribution in [3.8, 4) is 5.75 Å². The van der Waals surface area contributed by atoms with Gasteiger partial charge in [0.1, 0.15) is 17.1 Å². The lowest BCUT2D eigenvalue weighted by Gasteiger charge is -2.21. The second-order valence-electron chi connectivity index (χ2n) is 4.47. The van der Waals surface area contributed by atoms with E-state index in [2.05, 4.69) is 0 Å². The van der Waals surface area contributed by atoms with E-state index in [0.29, 0.717) is 22.2 Å². The maximum Gasteiger partial charge on any atom is 0.243 e. The Morgan fingerprint density at radius 3 is 2.74 bits per heavy atom. The lowest BCUT2D eigenvalue weighted by molar-refractivity contribution is -0.172. The lowest BCUT2D eigenvalue weighted by Crippen LogP contribution is -2.28. The number of rotatable bonds is 3. The van der Waals surface area contributed by atoms with E-state index in [1.54, 1.807) is 20.1 Å². The number of nitrogens with zero attached hydrogens (tertiary/aromatic N) is 1. The van der Waals surface area contributed by atoms with E-state index in [4.69, 9.17) is 9.15 Å². The minimum atomic E-state index is -0.481. The summed E-state index contributed by atoms with van der Waals surface area (Å²) in [5.41, 5.74) is 1.49. The van der Waals surface area contributed by atoms with Crippen LogP contribution in [0.15, 0.2) is 22.6 Å². The molecule has 1 heterocycles. The van der Waals surface area contributed by atoms with Gasteiger partial charge in [-0.05, 0) is 32.0 Å². The average Bonchev–Trinajstić information content (AvgIpc) is 2.71. The topological polar surface area (TPSA) is 62.9 Å². The van der Waals surface area contributed by atoms with Crippen molar-refractivity contribution in [1.29, 1.82) is 0 Å². The van der Waals surface area contributed by atoms with Gasteiger partial charge in [0.15, 0.2) is 0 Å². The minimum Gasteiger partial charge on any atom is -0.497 e. The summed E-state index contributed by atoms with van der Waals surface area (Å²) < 4.78 is 10.8. The number of ether oxygens (including phenoxy) is 1. The SMILES string of the molecule is COc1ccc2oc(C)c(C(C)N(O)C(C)=O)c2c1. The average molecular weight is 263 g/mol. The minimum absolute atomic E-state index is 0.413. The van der Waals surface area contributed by atoms with Gasteiger partial charge in [-0.15, -0.1) is 0 Å². The molecule has 0 fully saturated rings. The van der Waals surface area contributed by atoms with Crippen LogP contribution < -0.4 is 4.74 Å².